The Bertz CT molecular complexity index is 745. The van der Waals surface area contributed by atoms with E-state index in [1.54, 1.807) is 0 Å². The van der Waals surface area contributed by atoms with Crippen LogP contribution in [0.3, 0.4) is 0 Å². The maximum absolute atomic E-state index is 13.2. The second kappa shape index (κ2) is 13.0. The Hall–Kier alpha value is -1.14. The maximum Gasteiger partial charge on any atom is 0.312 e. The van der Waals surface area contributed by atoms with E-state index in [0.29, 0.717) is 6.61 Å². The van der Waals surface area contributed by atoms with Crippen LogP contribution in [0.5, 0.6) is 0 Å². The summed E-state index contributed by atoms with van der Waals surface area (Å²) in [7, 11) is 0. The molecule has 0 saturated carbocycles. The predicted molar refractivity (Wildman–Crippen MR) is 156 cm³/mol. The molecule has 0 aliphatic carbocycles. The van der Waals surface area contributed by atoms with Crippen LogP contribution in [0.4, 0.5) is 0 Å². The molecule has 0 aliphatic rings. The zero-order valence-corrected chi connectivity index (χ0v) is 28.0. The monoisotopic (exact) mass is 542 g/mol. The summed E-state index contributed by atoms with van der Waals surface area (Å²) in [5.41, 5.74) is -2.03. The molecule has 4 unspecified atom stereocenters. The number of rotatable bonds is 12. The molecule has 0 aromatic heterocycles. The van der Waals surface area contributed by atoms with Crippen molar-refractivity contribution in [3.63, 3.8) is 0 Å². The molecular formula is C32H62O6. The van der Waals surface area contributed by atoms with Crippen molar-refractivity contribution in [2.24, 2.45) is 32.5 Å². The van der Waals surface area contributed by atoms with Gasteiger partial charge in [0.05, 0.1) is 36.3 Å². The van der Waals surface area contributed by atoms with E-state index in [1.165, 1.54) is 0 Å². The van der Waals surface area contributed by atoms with Crippen molar-refractivity contribution >= 4 is 11.9 Å². The smallest absolute Gasteiger partial charge is 0.312 e. The number of hydrogen-bond donors (Lipinski definition) is 0. The second-order valence-corrected chi connectivity index (χ2v) is 16.0. The van der Waals surface area contributed by atoms with Crippen molar-refractivity contribution in [3.05, 3.63) is 0 Å². The molecule has 6 nitrogen and oxygen atoms in total. The van der Waals surface area contributed by atoms with E-state index >= 15 is 0 Å². The lowest BCUT2D eigenvalue weighted by molar-refractivity contribution is -0.178. The standard InChI is InChI=1S/C32H62O6/c1-22(18-35-23(2)19-37-26(34)32(17,29(10,11)12)30(13,14)15)36-20-24(3)38-25(33)31(16,28(7,8)9)21-27(4,5)6/h22-24H,18-21H2,1-17H3. The van der Waals surface area contributed by atoms with Crippen LogP contribution in [0.15, 0.2) is 0 Å². The molecule has 0 heterocycles. The summed E-state index contributed by atoms with van der Waals surface area (Å²) in [6.45, 7) is 35.6. The Balaban J connectivity index is 4.81. The van der Waals surface area contributed by atoms with Crippen molar-refractivity contribution in [1.29, 1.82) is 0 Å². The van der Waals surface area contributed by atoms with Crippen molar-refractivity contribution < 1.29 is 28.5 Å². The second-order valence-electron chi connectivity index (χ2n) is 16.0. The van der Waals surface area contributed by atoms with Crippen LogP contribution >= 0.6 is 0 Å². The summed E-state index contributed by atoms with van der Waals surface area (Å²) in [6.07, 6.45) is -0.119. The van der Waals surface area contributed by atoms with Crippen molar-refractivity contribution in [2.45, 2.75) is 142 Å². The molecule has 0 amide bonds. The van der Waals surface area contributed by atoms with Gasteiger partial charge < -0.3 is 18.9 Å². The number of carbonyl (C=O) groups is 2. The Morgan fingerprint density at radius 2 is 0.947 bits per heavy atom. The van der Waals surface area contributed by atoms with Crippen molar-refractivity contribution in [1.82, 2.24) is 0 Å². The molecule has 226 valence electrons. The third kappa shape index (κ3) is 10.1. The van der Waals surface area contributed by atoms with Gasteiger partial charge in [0, 0.05) is 0 Å². The SMILES string of the molecule is CC(COC(=O)C(C)(C(C)(C)C)C(C)(C)C)OCC(C)OCC(C)OC(=O)C(C)(CC(C)(C)C)C(C)(C)C. The quantitative estimate of drug-likeness (QED) is 0.234. The minimum Gasteiger partial charge on any atom is -0.462 e. The highest BCUT2D eigenvalue weighted by molar-refractivity contribution is 5.78. The van der Waals surface area contributed by atoms with Gasteiger partial charge >= 0.3 is 11.9 Å². The van der Waals surface area contributed by atoms with Gasteiger partial charge in [0.2, 0.25) is 0 Å². The molecule has 0 radical (unpaired) electrons. The molecule has 0 aliphatic heterocycles. The largest absolute Gasteiger partial charge is 0.462 e. The van der Waals surface area contributed by atoms with E-state index in [9.17, 15) is 9.59 Å². The van der Waals surface area contributed by atoms with Gasteiger partial charge in [0.25, 0.3) is 0 Å². The van der Waals surface area contributed by atoms with Gasteiger partial charge in [0.15, 0.2) is 0 Å². The molecular weight excluding hydrogens is 480 g/mol. The Morgan fingerprint density at radius 3 is 1.32 bits per heavy atom. The first-order valence-electron chi connectivity index (χ1n) is 14.3. The summed E-state index contributed by atoms with van der Waals surface area (Å²) in [5, 5.41) is 0. The Labute approximate surface area is 235 Å². The number of hydrogen-bond acceptors (Lipinski definition) is 6. The van der Waals surface area contributed by atoms with Gasteiger partial charge in [-0.2, -0.15) is 0 Å². The van der Waals surface area contributed by atoms with E-state index in [0.717, 1.165) is 6.42 Å². The van der Waals surface area contributed by atoms with E-state index in [1.807, 2.05) is 34.6 Å². The molecule has 4 atom stereocenters. The first-order chi connectivity index (χ1) is 16.7. The van der Waals surface area contributed by atoms with Crippen molar-refractivity contribution in [2.75, 3.05) is 19.8 Å². The van der Waals surface area contributed by atoms with Gasteiger partial charge in [-0.15, -0.1) is 0 Å². The summed E-state index contributed by atoms with van der Waals surface area (Å²) in [4.78, 5) is 26.4. The minimum atomic E-state index is -0.653. The van der Waals surface area contributed by atoms with Crippen molar-refractivity contribution in [3.8, 4) is 0 Å². The Kier molecular flexibility index (Phi) is 12.6. The lowest BCUT2D eigenvalue weighted by Crippen LogP contribution is -2.51. The van der Waals surface area contributed by atoms with E-state index in [-0.39, 0.29) is 65.1 Å². The first-order valence-corrected chi connectivity index (χ1v) is 14.3. The molecule has 6 heteroatoms. The average Bonchev–Trinajstić information content (AvgIpc) is 2.69. The summed E-state index contributed by atoms with van der Waals surface area (Å²) in [6, 6.07) is 0. The van der Waals surface area contributed by atoms with Crippen LogP contribution in [-0.2, 0) is 28.5 Å². The van der Waals surface area contributed by atoms with Crippen LogP contribution < -0.4 is 0 Å². The van der Waals surface area contributed by atoms with E-state index in [2.05, 4.69) is 83.1 Å². The van der Waals surface area contributed by atoms with E-state index in [4.69, 9.17) is 18.9 Å². The molecule has 0 N–H and O–H groups in total. The lowest BCUT2D eigenvalue weighted by atomic mass is 9.55. The summed E-state index contributed by atoms with van der Waals surface area (Å²) < 4.78 is 23.4. The fraction of sp³-hybridized carbons (Fsp3) is 0.938. The predicted octanol–water partition coefficient (Wildman–Crippen LogP) is 7.86. The summed E-state index contributed by atoms with van der Waals surface area (Å²) in [5.74, 6) is -0.394. The van der Waals surface area contributed by atoms with Gasteiger partial charge in [-0.3, -0.25) is 9.59 Å². The van der Waals surface area contributed by atoms with E-state index < -0.39 is 10.8 Å². The van der Waals surface area contributed by atoms with Crippen LogP contribution in [0.2, 0.25) is 0 Å². The number of carbonyl (C=O) groups excluding carboxylic acids is 2. The normalized spacial score (nSPS) is 17.8. The third-order valence-corrected chi connectivity index (χ3v) is 8.39. The highest BCUT2D eigenvalue weighted by Gasteiger charge is 2.53. The zero-order chi connectivity index (χ0) is 30.5. The molecule has 0 bridgehead atoms. The maximum atomic E-state index is 13.2. The molecule has 0 rings (SSSR count). The zero-order valence-electron chi connectivity index (χ0n) is 28.0. The molecule has 0 aromatic carbocycles. The van der Waals surface area contributed by atoms with Crippen LogP contribution in [-0.4, -0.2) is 50.1 Å². The third-order valence-electron chi connectivity index (χ3n) is 8.39. The Morgan fingerprint density at radius 1 is 0.553 bits per heavy atom. The number of ether oxygens (including phenoxy) is 4. The first kappa shape index (κ1) is 36.9. The minimum absolute atomic E-state index is 0.00419. The summed E-state index contributed by atoms with van der Waals surface area (Å²) >= 11 is 0. The van der Waals surface area contributed by atoms with Gasteiger partial charge in [-0.25, -0.2) is 0 Å². The van der Waals surface area contributed by atoms with Gasteiger partial charge in [-0.05, 0) is 62.7 Å². The van der Waals surface area contributed by atoms with Gasteiger partial charge in [0.1, 0.15) is 12.7 Å². The molecule has 0 spiro atoms. The fourth-order valence-electron chi connectivity index (χ4n) is 4.82. The van der Waals surface area contributed by atoms with Crippen LogP contribution in [0.1, 0.15) is 124 Å². The molecule has 0 saturated heterocycles. The van der Waals surface area contributed by atoms with Crippen LogP contribution in [0.25, 0.3) is 0 Å². The fourth-order valence-corrected chi connectivity index (χ4v) is 4.82. The molecule has 38 heavy (non-hydrogen) atoms. The topological polar surface area (TPSA) is 71.1 Å². The van der Waals surface area contributed by atoms with Gasteiger partial charge in [-0.1, -0.05) is 83.1 Å². The molecule has 0 aromatic rings. The lowest BCUT2D eigenvalue weighted by Gasteiger charge is -2.48. The highest BCUT2D eigenvalue weighted by atomic mass is 16.6. The van der Waals surface area contributed by atoms with Crippen LogP contribution in [0, 0.1) is 32.5 Å². The molecule has 0 fully saturated rings. The highest BCUT2D eigenvalue weighted by Crippen LogP contribution is 2.52. The average molecular weight is 543 g/mol. The number of esters is 2.